The molecule has 0 aliphatic rings. The summed E-state index contributed by atoms with van der Waals surface area (Å²) < 4.78 is 45.6. The number of amides is 1. The van der Waals surface area contributed by atoms with Crippen molar-refractivity contribution in [1.82, 2.24) is 9.97 Å². The van der Waals surface area contributed by atoms with Gasteiger partial charge in [-0.3, -0.25) is 5.32 Å². The van der Waals surface area contributed by atoms with Gasteiger partial charge in [0.15, 0.2) is 5.82 Å². The number of nitrogens with one attached hydrogen (secondary N) is 1. The van der Waals surface area contributed by atoms with Gasteiger partial charge in [-0.05, 0) is 0 Å². The van der Waals surface area contributed by atoms with Gasteiger partial charge in [0, 0.05) is 5.56 Å². The lowest BCUT2D eigenvalue weighted by atomic mass is 10.2. The van der Waals surface area contributed by atoms with Crippen LogP contribution in [0, 0.1) is 0 Å². The van der Waals surface area contributed by atoms with E-state index < -0.39 is 18.9 Å². The molecule has 0 fully saturated rings. The fourth-order valence-corrected chi connectivity index (χ4v) is 1.95. The fourth-order valence-electron chi connectivity index (χ4n) is 1.95. The van der Waals surface area contributed by atoms with Crippen molar-refractivity contribution in [1.29, 1.82) is 0 Å². The van der Waals surface area contributed by atoms with Gasteiger partial charge in [0.05, 0.1) is 37.4 Å². The Morgan fingerprint density at radius 3 is 2.50 bits per heavy atom. The Hall–Kier alpha value is -2.72. The Balaban J connectivity index is 2.00. The summed E-state index contributed by atoms with van der Waals surface area (Å²) in [6.45, 7) is -1.83. The molecule has 0 unspecified atom stereocenters. The monoisotopic (exact) mass is 371 g/mol. The van der Waals surface area contributed by atoms with Gasteiger partial charge in [-0.15, -0.1) is 0 Å². The van der Waals surface area contributed by atoms with Gasteiger partial charge in [0.25, 0.3) is 0 Å². The summed E-state index contributed by atoms with van der Waals surface area (Å²) in [7, 11) is 0. The lowest BCUT2D eigenvalue weighted by Crippen LogP contribution is -2.19. The Bertz CT molecular complexity index is 726. The molecule has 1 heterocycles. The first-order valence-electron chi connectivity index (χ1n) is 7.48. The number of benzene rings is 1. The molecule has 0 aliphatic carbocycles. The second-order valence-corrected chi connectivity index (χ2v) is 5.07. The molecule has 2 aromatic rings. The van der Waals surface area contributed by atoms with Gasteiger partial charge < -0.3 is 14.6 Å². The summed E-state index contributed by atoms with van der Waals surface area (Å²) in [5.74, 6) is 0.369. The number of nitrogens with zero attached hydrogens (tertiary/aromatic N) is 2. The highest BCUT2D eigenvalue weighted by atomic mass is 19.4. The maximum Gasteiger partial charge on any atom is 0.411 e. The number of anilines is 1. The minimum atomic E-state index is -4.39. The Morgan fingerprint density at radius 2 is 1.85 bits per heavy atom. The second-order valence-electron chi connectivity index (χ2n) is 5.07. The van der Waals surface area contributed by atoms with Crippen LogP contribution in [0.4, 0.5) is 23.7 Å². The number of aromatic nitrogens is 2. The van der Waals surface area contributed by atoms with E-state index in [0.29, 0.717) is 5.82 Å². The molecule has 0 aliphatic heterocycles. The fraction of sp³-hybridized carbons (Fsp3) is 0.312. The van der Waals surface area contributed by atoms with Crippen molar-refractivity contribution in [3.8, 4) is 11.4 Å². The predicted octanol–water partition coefficient (Wildman–Crippen LogP) is 3.33. The highest BCUT2D eigenvalue weighted by Gasteiger charge is 2.27. The minimum absolute atomic E-state index is 0.104. The van der Waals surface area contributed by atoms with E-state index in [-0.39, 0.29) is 31.2 Å². The van der Waals surface area contributed by atoms with Crippen LogP contribution in [-0.2, 0) is 16.1 Å². The Morgan fingerprint density at radius 1 is 1.15 bits per heavy atom. The topological polar surface area (TPSA) is 93.6 Å². The van der Waals surface area contributed by atoms with Crippen LogP contribution in [0.5, 0.6) is 0 Å². The molecule has 2 rings (SSSR count). The molecule has 0 atom stereocenters. The molecule has 7 nitrogen and oxygen atoms in total. The van der Waals surface area contributed by atoms with Gasteiger partial charge in [0.2, 0.25) is 0 Å². The van der Waals surface area contributed by atoms with Crippen LogP contribution in [0.3, 0.4) is 0 Å². The van der Waals surface area contributed by atoms with Gasteiger partial charge in [-0.25, -0.2) is 14.8 Å². The molecular weight excluding hydrogens is 355 g/mol. The third-order valence-corrected chi connectivity index (χ3v) is 3.02. The lowest BCUT2D eigenvalue weighted by Gasteiger charge is -2.11. The molecule has 0 bridgehead atoms. The molecule has 1 aromatic carbocycles. The number of hydrogen-bond acceptors (Lipinski definition) is 5. The van der Waals surface area contributed by atoms with Gasteiger partial charge >= 0.3 is 12.3 Å². The van der Waals surface area contributed by atoms with Crippen LogP contribution >= 0.6 is 0 Å². The maximum absolute atomic E-state index is 12.0. The maximum atomic E-state index is 12.0. The SMILES string of the molecule is O=C(O)Nc1cnc(-c2ccccc2)nc1COCCOCC(F)(F)F. The average molecular weight is 371 g/mol. The van der Waals surface area contributed by atoms with Crippen LogP contribution in [-0.4, -0.2) is 47.2 Å². The van der Waals surface area contributed by atoms with E-state index in [0.717, 1.165) is 5.56 Å². The van der Waals surface area contributed by atoms with Crippen molar-refractivity contribution < 1.29 is 32.5 Å². The first-order valence-corrected chi connectivity index (χ1v) is 7.48. The molecule has 0 saturated carbocycles. The zero-order valence-electron chi connectivity index (χ0n) is 13.5. The smallest absolute Gasteiger partial charge is 0.411 e. The normalized spacial score (nSPS) is 11.3. The molecule has 1 amide bonds. The van der Waals surface area contributed by atoms with Gasteiger partial charge in [-0.2, -0.15) is 13.2 Å². The molecule has 0 saturated heterocycles. The summed E-state index contributed by atoms with van der Waals surface area (Å²) in [5.41, 5.74) is 1.12. The number of alkyl halides is 3. The Labute approximate surface area is 146 Å². The average Bonchev–Trinajstić information content (AvgIpc) is 2.58. The first-order chi connectivity index (χ1) is 12.3. The van der Waals surface area contributed by atoms with Crippen molar-refractivity contribution >= 4 is 11.8 Å². The zero-order valence-corrected chi connectivity index (χ0v) is 13.5. The quantitative estimate of drug-likeness (QED) is 0.692. The van der Waals surface area contributed by atoms with E-state index in [1.807, 2.05) is 6.07 Å². The van der Waals surface area contributed by atoms with E-state index in [2.05, 4.69) is 20.0 Å². The second kappa shape index (κ2) is 9.11. The summed E-state index contributed by atoms with van der Waals surface area (Å²) in [6, 6.07) is 9.01. The number of halogens is 3. The van der Waals surface area contributed by atoms with Gasteiger partial charge in [0.1, 0.15) is 6.61 Å². The highest BCUT2D eigenvalue weighted by Crippen LogP contribution is 2.20. The summed E-state index contributed by atoms with van der Waals surface area (Å²) in [6.07, 6.45) is -4.38. The van der Waals surface area contributed by atoms with Crippen molar-refractivity contribution in [2.75, 3.05) is 25.1 Å². The van der Waals surface area contributed by atoms with Crippen molar-refractivity contribution in [2.45, 2.75) is 12.8 Å². The number of carbonyl (C=O) groups is 1. The molecule has 10 heteroatoms. The number of rotatable bonds is 8. The highest BCUT2D eigenvalue weighted by molar-refractivity contribution is 5.83. The Kier molecular flexibility index (Phi) is 6.87. The number of hydrogen-bond donors (Lipinski definition) is 2. The molecule has 2 N–H and O–H groups in total. The third kappa shape index (κ3) is 6.65. The lowest BCUT2D eigenvalue weighted by molar-refractivity contribution is -0.176. The largest absolute Gasteiger partial charge is 0.465 e. The van der Waals surface area contributed by atoms with Crippen molar-refractivity contribution in [3.05, 3.63) is 42.2 Å². The first kappa shape index (κ1) is 19.6. The molecule has 1 aromatic heterocycles. The third-order valence-electron chi connectivity index (χ3n) is 3.02. The number of carboxylic acid groups (broad SMARTS) is 1. The predicted molar refractivity (Wildman–Crippen MR) is 85.6 cm³/mol. The number of ether oxygens (including phenoxy) is 2. The minimum Gasteiger partial charge on any atom is -0.465 e. The van der Waals surface area contributed by atoms with Crippen LogP contribution in [0.2, 0.25) is 0 Å². The van der Waals surface area contributed by atoms with Crippen molar-refractivity contribution in [3.63, 3.8) is 0 Å². The standard InChI is InChI=1S/C16H16F3N3O4/c17-16(18,19)10-26-7-6-25-9-13-12(22-15(23)24)8-20-14(21-13)11-4-2-1-3-5-11/h1-5,8,22H,6-7,9-10H2,(H,23,24). The molecule has 0 spiro atoms. The van der Waals surface area contributed by atoms with Crippen LogP contribution in [0.1, 0.15) is 5.69 Å². The summed E-state index contributed by atoms with van der Waals surface area (Å²) in [5, 5.41) is 11.0. The molecule has 26 heavy (non-hydrogen) atoms. The molecule has 140 valence electrons. The molecule has 0 radical (unpaired) electrons. The van der Waals surface area contributed by atoms with E-state index >= 15 is 0 Å². The van der Waals surface area contributed by atoms with Crippen LogP contribution in [0.25, 0.3) is 11.4 Å². The van der Waals surface area contributed by atoms with Crippen LogP contribution < -0.4 is 5.32 Å². The van der Waals surface area contributed by atoms with E-state index in [1.54, 1.807) is 24.3 Å². The summed E-state index contributed by atoms with van der Waals surface area (Å²) in [4.78, 5) is 19.2. The molecular formula is C16H16F3N3O4. The summed E-state index contributed by atoms with van der Waals surface area (Å²) >= 11 is 0. The van der Waals surface area contributed by atoms with Crippen molar-refractivity contribution in [2.24, 2.45) is 0 Å². The zero-order chi connectivity index (χ0) is 19.0. The van der Waals surface area contributed by atoms with Gasteiger partial charge in [-0.1, -0.05) is 30.3 Å². The van der Waals surface area contributed by atoms with E-state index in [4.69, 9.17) is 9.84 Å². The van der Waals surface area contributed by atoms with E-state index in [1.165, 1.54) is 6.20 Å². The van der Waals surface area contributed by atoms with E-state index in [9.17, 15) is 18.0 Å². The van der Waals surface area contributed by atoms with Crippen LogP contribution in [0.15, 0.2) is 36.5 Å².